The van der Waals surface area contributed by atoms with Gasteiger partial charge < -0.3 is 10.5 Å². The van der Waals surface area contributed by atoms with Crippen LogP contribution < -0.4 is 5.73 Å². The molecule has 2 N–H and O–H groups in total. The van der Waals surface area contributed by atoms with Crippen molar-refractivity contribution in [2.75, 3.05) is 12.4 Å². The van der Waals surface area contributed by atoms with E-state index in [1.54, 1.807) is 13.0 Å². The van der Waals surface area contributed by atoms with Gasteiger partial charge in [-0.25, -0.2) is 0 Å². The van der Waals surface area contributed by atoms with Crippen LogP contribution in [-0.4, -0.2) is 28.4 Å². The standard InChI is InChI=1S/C8H10N2O3S2/c1-2-13-6(11)4-15-8(14)5(3-9)7(10)12/h5H,2,4H2,1H3,(H2,10,12). The van der Waals surface area contributed by atoms with Crippen LogP contribution in [-0.2, 0) is 14.3 Å². The lowest BCUT2D eigenvalue weighted by Crippen LogP contribution is -2.27. The van der Waals surface area contributed by atoms with Gasteiger partial charge >= 0.3 is 5.97 Å². The van der Waals surface area contributed by atoms with Crippen LogP contribution in [0.1, 0.15) is 6.92 Å². The minimum Gasteiger partial charge on any atom is -0.465 e. The second-order valence-corrected chi connectivity index (χ2v) is 4.09. The van der Waals surface area contributed by atoms with Crippen LogP contribution >= 0.6 is 24.0 Å². The average molecular weight is 246 g/mol. The smallest absolute Gasteiger partial charge is 0.316 e. The highest BCUT2D eigenvalue weighted by atomic mass is 32.2. The van der Waals surface area contributed by atoms with Crippen molar-refractivity contribution in [3.8, 4) is 6.07 Å². The number of carbonyl (C=O) groups is 2. The molecule has 15 heavy (non-hydrogen) atoms. The third-order valence-electron chi connectivity index (χ3n) is 1.29. The molecule has 0 saturated carbocycles. The number of thiocarbonyl (C=S) groups is 1. The summed E-state index contributed by atoms with van der Waals surface area (Å²) in [6, 6.07) is 1.67. The summed E-state index contributed by atoms with van der Waals surface area (Å²) in [6.07, 6.45) is 0. The topological polar surface area (TPSA) is 93.2 Å². The summed E-state index contributed by atoms with van der Waals surface area (Å²) in [6.45, 7) is 1.96. The first-order chi connectivity index (χ1) is 7.02. The molecule has 1 unspecified atom stereocenters. The summed E-state index contributed by atoms with van der Waals surface area (Å²) in [4.78, 5) is 21.7. The van der Waals surface area contributed by atoms with Crippen LogP contribution in [0.15, 0.2) is 0 Å². The first kappa shape index (κ1) is 13.9. The van der Waals surface area contributed by atoms with Crippen LogP contribution in [0.2, 0.25) is 0 Å². The number of amides is 1. The fraction of sp³-hybridized carbons (Fsp3) is 0.500. The minimum atomic E-state index is -1.14. The summed E-state index contributed by atoms with van der Waals surface area (Å²) in [5.41, 5.74) is 4.93. The zero-order valence-corrected chi connectivity index (χ0v) is 9.69. The SMILES string of the molecule is CCOC(=O)CSC(=S)C(C#N)C(N)=O. The van der Waals surface area contributed by atoms with E-state index in [-0.39, 0.29) is 16.6 Å². The van der Waals surface area contributed by atoms with Crippen molar-refractivity contribution >= 4 is 40.1 Å². The van der Waals surface area contributed by atoms with Gasteiger partial charge in [0.15, 0.2) is 5.92 Å². The molecule has 0 heterocycles. The van der Waals surface area contributed by atoms with Crippen molar-refractivity contribution in [2.24, 2.45) is 11.7 Å². The van der Waals surface area contributed by atoms with E-state index in [2.05, 4.69) is 4.74 Å². The number of nitriles is 1. The summed E-state index contributed by atoms with van der Waals surface area (Å²) in [7, 11) is 0. The molecule has 0 aromatic rings. The van der Waals surface area contributed by atoms with Gasteiger partial charge in [-0.2, -0.15) is 5.26 Å². The van der Waals surface area contributed by atoms with Crippen molar-refractivity contribution in [2.45, 2.75) is 6.92 Å². The number of nitrogens with two attached hydrogens (primary N) is 1. The van der Waals surface area contributed by atoms with Gasteiger partial charge in [0.25, 0.3) is 0 Å². The Morgan fingerprint density at radius 2 is 2.27 bits per heavy atom. The number of nitrogens with zero attached hydrogens (tertiary/aromatic N) is 1. The quantitative estimate of drug-likeness (QED) is 0.551. The maximum atomic E-state index is 10.9. The number of hydrogen-bond acceptors (Lipinski definition) is 6. The molecule has 0 aliphatic rings. The first-order valence-electron chi connectivity index (χ1n) is 4.04. The van der Waals surface area contributed by atoms with E-state index >= 15 is 0 Å². The van der Waals surface area contributed by atoms with Crippen molar-refractivity contribution in [1.82, 2.24) is 0 Å². The molecular formula is C8H10N2O3S2. The lowest BCUT2D eigenvalue weighted by atomic mass is 10.2. The Labute approximate surface area is 96.9 Å². The summed E-state index contributed by atoms with van der Waals surface area (Å²) < 4.78 is 4.74. The molecule has 0 aliphatic carbocycles. The van der Waals surface area contributed by atoms with Crippen molar-refractivity contribution in [3.63, 3.8) is 0 Å². The average Bonchev–Trinajstić information content (AvgIpc) is 2.15. The van der Waals surface area contributed by atoms with Gasteiger partial charge in [-0.15, -0.1) is 11.8 Å². The molecular weight excluding hydrogens is 236 g/mol. The van der Waals surface area contributed by atoms with Gasteiger partial charge in [-0.3, -0.25) is 9.59 Å². The molecule has 0 bridgehead atoms. The summed E-state index contributed by atoms with van der Waals surface area (Å²) in [5, 5.41) is 8.57. The van der Waals surface area contributed by atoms with E-state index in [1.807, 2.05) is 0 Å². The van der Waals surface area contributed by atoms with Crippen LogP contribution in [0.25, 0.3) is 0 Å². The molecule has 0 saturated heterocycles. The number of thioether (sulfide) groups is 1. The third kappa shape index (κ3) is 5.34. The maximum absolute atomic E-state index is 10.9. The molecule has 0 aromatic carbocycles. The number of carbonyl (C=O) groups excluding carboxylic acids is 2. The predicted octanol–water partition coefficient (Wildman–Crippen LogP) is 0.235. The molecule has 1 amide bonds. The Morgan fingerprint density at radius 1 is 1.67 bits per heavy atom. The maximum Gasteiger partial charge on any atom is 0.316 e. The van der Waals surface area contributed by atoms with Crippen LogP contribution in [0, 0.1) is 17.2 Å². The van der Waals surface area contributed by atoms with E-state index < -0.39 is 17.8 Å². The molecule has 0 aromatic heterocycles. The molecule has 1 atom stereocenters. The Balaban J connectivity index is 4.09. The van der Waals surface area contributed by atoms with E-state index in [0.29, 0.717) is 0 Å². The number of hydrogen-bond donors (Lipinski definition) is 1. The second-order valence-electron chi connectivity index (χ2n) is 2.38. The highest BCUT2D eigenvalue weighted by Gasteiger charge is 2.21. The van der Waals surface area contributed by atoms with Gasteiger partial charge in [0, 0.05) is 0 Å². The highest BCUT2D eigenvalue weighted by Crippen LogP contribution is 2.13. The molecule has 0 spiro atoms. The number of ether oxygens (including phenoxy) is 1. The van der Waals surface area contributed by atoms with Crippen molar-refractivity contribution in [1.29, 1.82) is 5.26 Å². The predicted molar refractivity (Wildman–Crippen MR) is 60.0 cm³/mol. The monoisotopic (exact) mass is 246 g/mol. The third-order valence-corrected chi connectivity index (χ3v) is 2.78. The molecule has 0 aliphatic heterocycles. The Kier molecular flexibility index (Phi) is 6.66. The molecule has 0 rings (SSSR count). The van der Waals surface area contributed by atoms with E-state index in [1.165, 1.54) is 0 Å². The van der Waals surface area contributed by atoms with Crippen LogP contribution in [0.5, 0.6) is 0 Å². The van der Waals surface area contributed by atoms with Gasteiger partial charge in [0.2, 0.25) is 5.91 Å². The lowest BCUT2D eigenvalue weighted by Gasteiger charge is -2.05. The molecule has 7 heteroatoms. The zero-order valence-electron chi connectivity index (χ0n) is 8.06. The Hall–Kier alpha value is -1.13. The highest BCUT2D eigenvalue weighted by molar-refractivity contribution is 8.23. The van der Waals surface area contributed by atoms with Crippen molar-refractivity contribution < 1.29 is 14.3 Å². The Bertz CT molecular complexity index is 311. The largest absolute Gasteiger partial charge is 0.465 e. The normalized spacial score (nSPS) is 11.2. The molecule has 0 radical (unpaired) electrons. The second kappa shape index (κ2) is 7.20. The van der Waals surface area contributed by atoms with E-state index in [0.717, 1.165) is 11.8 Å². The summed E-state index contributed by atoms with van der Waals surface area (Å²) in [5.74, 6) is -2.40. The number of primary amides is 1. The fourth-order valence-electron chi connectivity index (χ4n) is 0.649. The van der Waals surface area contributed by atoms with E-state index in [4.69, 9.17) is 23.2 Å². The van der Waals surface area contributed by atoms with Gasteiger partial charge in [-0.1, -0.05) is 12.2 Å². The first-order valence-corrected chi connectivity index (χ1v) is 5.43. The molecule has 0 fully saturated rings. The lowest BCUT2D eigenvalue weighted by molar-refractivity contribution is -0.139. The zero-order chi connectivity index (χ0) is 11.8. The van der Waals surface area contributed by atoms with Crippen molar-refractivity contribution in [3.05, 3.63) is 0 Å². The van der Waals surface area contributed by atoms with Crippen LogP contribution in [0.3, 0.4) is 0 Å². The van der Waals surface area contributed by atoms with Crippen LogP contribution in [0.4, 0.5) is 0 Å². The number of esters is 1. The minimum absolute atomic E-state index is 0.0157. The molecule has 82 valence electrons. The summed E-state index contributed by atoms with van der Waals surface area (Å²) >= 11 is 5.70. The molecule has 5 nitrogen and oxygen atoms in total. The number of rotatable bonds is 5. The van der Waals surface area contributed by atoms with E-state index in [9.17, 15) is 9.59 Å². The van der Waals surface area contributed by atoms with Gasteiger partial charge in [0.1, 0.15) is 0 Å². The van der Waals surface area contributed by atoms with Gasteiger partial charge in [0.05, 0.1) is 22.6 Å². The fourth-order valence-corrected chi connectivity index (χ4v) is 1.67. The van der Waals surface area contributed by atoms with Gasteiger partial charge in [-0.05, 0) is 6.92 Å². The Morgan fingerprint density at radius 3 is 2.67 bits per heavy atom.